The molecule has 20 heavy (non-hydrogen) atoms. The van der Waals surface area contributed by atoms with Crippen molar-refractivity contribution in [1.29, 1.82) is 0 Å². The Morgan fingerprint density at radius 3 is 2.70 bits per heavy atom. The number of carboxylic acids is 1. The zero-order valence-corrected chi connectivity index (χ0v) is 12.6. The first-order chi connectivity index (χ1) is 9.45. The van der Waals surface area contributed by atoms with Crippen LogP contribution < -0.4 is 5.32 Å². The van der Waals surface area contributed by atoms with E-state index >= 15 is 0 Å². The first-order valence-corrected chi connectivity index (χ1v) is 7.31. The van der Waals surface area contributed by atoms with Crippen molar-refractivity contribution in [2.75, 3.05) is 26.3 Å². The molecule has 0 bridgehead atoms. The number of piperidine rings is 1. The Morgan fingerprint density at radius 2 is 2.15 bits per heavy atom. The Morgan fingerprint density at radius 1 is 1.45 bits per heavy atom. The van der Waals surface area contributed by atoms with Gasteiger partial charge in [0.05, 0.1) is 18.6 Å². The van der Waals surface area contributed by atoms with Gasteiger partial charge >= 0.3 is 12.0 Å². The lowest BCUT2D eigenvalue weighted by atomic mass is 9.98. The number of hydrogen-bond donors (Lipinski definition) is 2. The third-order valence-corrected chi connectivity index (χ3v) is 3.67. The number of hydrogen-bond acceptors (Lipinski definition) is 3. The van der Waals surface area contributed by atoms with Crippen molar-refractivity contribution in [2.24, 2.45) is 11.8 Å². The van der Waals surface area contributed by atoms with Crippen molar-refractivity contribution in [2.45, 2.75) is 39.7 Å². The largest absolute Gasteiger partial charge is 0.481 e. The SMILES string of the molecule is CCOCC(NC(=O)N1CCC[C@H](C(=O)O)C1)C(C)C. The quantitative estimate of drug-likeness (QED) is 0.776. The van der Waals surface area contributed by atoms with Crippen molar-refractivity contribution in [3.8, 4) is 0 Å². The molecular weight excluding hydrogens is 260 g/mol. The summed E-state index contributed by atoms with van der Waals surface area (Å²) in [5.41, 5.74) is 0. The number of likely N-dealkylation sites (tertiary alicyclic amines) is 1. The minimum absolute atomic E-state index is 0.0485. The monoisotopic (exact) mass is 286 g/mol. The molecule has 0 spiro atoms. The summed E-state index contributed by atoms with van der Waals surface area (Å²) in [6.45, 7) is 7.98. The normalized spacial score (nSPS) is 20.8. The Balaban J connectivity index is 2.52. The molecule has 6 heteroatoms. The van der Waals surface area contributed by atoms with E-state index < -0.39 is 11.9 Å². The van der Waals surface area contributed by atoms with Crippen molar-refractivity contribution in [3.63, 3.8) is 0 Å². The minimum atomic E-state index is -0.822. The first kappa shape index (κ1) is 16.8. The summed E-state index contributed by atoms with van der Waals surface area (Å²) < 4.78 is 5.38. The van der Waals surface area contributed by atoms with Gasteiger partial charge in [0, 0.05) is 19.7 Å². The Hall–Kier alpha value is -1.30. The molecule has 0 aliphatic carbocycles. The van der Waals surface area contributed by atoms with E-state index in [0.717, 1.165) is 6.42 Å². The van der Waals surface area contributed by atoms with Crippen LogP contribution in [0.4, 0.5) is 4.79 Å². The number of aliphatic carboxylic acids is 1. The fourth-order valence-electron chi connectivity index (χ4n) is 2.26. The molecule has 1 fully saturated rings. The molecular formula is C14H26N2O4. The highest BCUT2D eigenvalue weighted by molar-refractivity contribution is 5.76. The van der Waals surface area contributed by atoms with E-state index in [2.05, 4.69) is 5.32 Å². The van der Waals surface area contributed by atoms with E-state index in [9.17, 15) is 9.59 Å². The van der Waals surface area contributed by atoms with Crippen LogP contribution in [0.25, 0.3) is 0 Å². The number of rotatable bonds is 6. The lowest BCUT2D eigenvalue weighted by Gasteiger charge is -2.33. The van der Waals surface area contributed by atoms with Gasteiger partial charge < -0.3 is 20.1 Å². The number of nitrogens with zero attached hydrogens (tertiary/aromatic N) is 1. The van der Waals surface area contributed by atoms with E-state index in [0.29, 0.717) is 32.7 Å². The molecule has 6 nitrogen and oxygen atoms in total. The molecule has 0 aromatic rings. The summed E-state index contributed by atoms with van der Waals surface area (Å²) in [4.78, 5) is 24.8. The van der Waals surface area contributed by atoms with Crippen molar-refractivity contribution < 1.29 is 19.4 Å². The highest BCUT2D eigenvalue weighted by Gasteiger charge is 2.29. The molecule has 2 atom stereocenters. The van der Waals surface area contributed by atoms with Crippen molar-refractivity contribution in [1.82, 2.24) is 10.2 Å². The molecule has 1 heterocycles. The van der Waals surface area contributed by atoms with Crippen LogP contribution in [-0.4, -0.2) is 54.4 Å². The summed E-state index contributed by atoms with van der Waals surface area (Å²) >= 11 is 0. The van der Waals surface area contributed by atoms with Gasteiger partial charge in [-0.2, -0.15) is 0 Å². The minimum Gasteiger partial charge on any atom is -0.481 e. The first-order valence-electron chi connectivity index (χ1n) is 7.31. The average Bonchev–Trinajstić information content (AvgIpc) is 2.42. The number of carbonyl (C=O) groups excluding carboxylic acids is 1. The van der Waals surface area contributed by atoms with Crippen LogP contribution in [0, 0.1) is 11.8 Å². The third kappa shape index (κ3) is 5.00. The van der Waals surface area contributed by atoms with Gasteiger partial charge in [-0.3, -0.25) is 4.79 Å². The van der Waals surface area contributed by atoms with Gasteiger partial charge in [0.25, 0.3) is 0 Å². The molecule has 0 aromatic heterocycles. The van der Waals surface area contributed by atoms with E-state index in [1.165, 1.54) is 0 Å². The van der Waals surface area contributed by atoms with Crippen LogP contribution in [0.15, 0.2) is 0 Å². The zero-order chi connectivity index (χ0) is 15.1. The van der Waals surface area contributed by atoms with Gasteiger partial charge in [-0.1, -0.05) is 13.8 Å². The van der Waals surface area contributed by atoms with Crippen LogP contribution in [0.3, 0.4) is 0 Å². The maximum atomic E-state index is 12.2. The molecule has 0 saturated carbocycles. The molecule has 0 radical (unpaired) electrons. The topological polar surface area (TPSA) is 78.9 Å². The standard InChI is InChI=1S/C14H26N2O4/c1-4-20-9-12(10(2)3)15-14(19)16-7-5-6-11(8-16)13(17)18/h10-12H,4-9H2,1-3H3,(H,15,19)(H,17,18)/t11-,12?/m0/s1. The van der Waals surface area contributed by atoms with Gasteiger partial charge in [-0.15, -0.1) is 0 Å². The molecule has 2 N–H and O–H groups in total. The Bertz CT molecular complexity index is 333. The van der Waals surface area contributed by atoms with E-state index in [-0.39, 0.29) is 18.0 Å². The summed E-state index contributed by atoms with van der Waals surface area (Å²) in [5, 5.41) is 12.0. The smallest absolute Gasteiger partial charge is 0.317 e. The van der Waals surface area contributed by atoms with Crippen LogP contribution in [0.5, 0.6) is 0 Å². The zero-order valence-electron chi connectivity index (χ0n) is 12.6. The second-order valence-corrected chi connectivity index (χ2v) is 5.58. The summed E-state index contributed by atoms with van der Waals surface area (Å²) in [5.74, 6) is -0.998. The van der Waals surface area contributed by atoms with Gasteiger partial charge in [0.1, 0.15) is 0 Å². The Labute approximate surface area is 120 Å². The number of nitrogens with one attached hydrogen (secondary N) is 1. The number of carbonyl (C=O) groups is 2. The maximum absolute atomic E-state index is 12.2. The molecule has 1 aliphatic heterocycles. The van der Waals surface area contributed by atoms with Gasteiger partial charge in [0.15, 0.2) is 0 Å². The van der Waals surface area contributed by atoms with Crippen LogP contribution in [-0.2, 0) is 9.53 Å². The molecule has 1 rings (SSSR count). The molecule has 2 amide bonds. The molecule has 1 saturated heterocycles. The fraction of sp³-hybridized carbons (Fsp3) is 0.857. The van der Waals surface area contributed by atoms with Crippen LogP contribution in [0.1, 0.15) is 33.6 Å². The van der Waals surface area contributed by atoms with Gasteiger partial charge in [0.2, 0.25) is 0 Å². The van der Waals surface area contributed by atoms with E-state index in [4.69, 9.17) is 9.84 Å². The van der Waals surface area contributed by atoms with Crippen LogP contribution >= 0.6 is 0 Å². The second-order valence-electron chi connectivity index (χ2n) is 5.58. The maximum Gasteiger partial charge on any atom is 0.317 e. The Kier molecular flexibility index (Phi) is 6.78. The van der Waals surface area contributed by atoms with Gasteiger partial charge in [-0.25, -0.2) is 4.79 Å². The second kappa shape index (κ2) is 8.09. The van der Waals surface area contributed by atoms with Gasteiger partial charge in [-0.05, 0) is 25.7 Å². The fourth-order valence-corrected chi connectivity index (χ4v) is 2.26. The predicted octanol–water partition coefficient (Wildman–Crippen LogP) is 1.55. The van der Waals surface area contributed by atoms with E-state index in [1.807, 2.05) is 20.8 Å². The summed E-state index contributed by atoms with van der Waals surface area (Å²) in [7, 11) is 0. The highest BCUT2D eigenvalue weighted by Crippen LogP contribution is 2.17. The molecule has 1 unspecified atom stereocenters. The number of amides is 2. The number of ether oxygens (including phenoxy) is 1. The van der Waals surface area contributed by atoms with Crippen molar-refractivity contribution >= 4 is 12.0 Å². The van der Waals surface area contributed by atoms with E-state index in [1.54, 1.807) is 4.90 Å². The molecule has 0 aromatic carbocycles. The lowest BCUT2D eigenvalue weighted by molar-refractivity contribution is -0.143. The number of carboxylic acid groups (broad SMARTS) is 1. The summed E-state index contributed by atoms with van der Waals surface area (Å²) in [6, 6.07) is -0.234. The highest BCUT2D eigenvalue weighted by atomic mass is 16.5. The molecule has 116 valence electrons. The predicted molar refractivity (Wildman–Crippen MR) is 75.6 cm³/mol. The summed E-state index contributed by atoms with van der Waals surface area (Å²) in [6.07, 6.45) is 1.38. The van der Waals surface area contributed by atoms with Crippen LogP contribution in [0.2, 0.25) is 0 Å². The number of urea groups is 1. The third-order valence-electron chi connectivity index (χ3n) is 3.67. The molecule has 1 aliphatic rings. The average molecular weight is 286 g/mol. The van der Waals surface area contributed by atoms with Crippen molar-refractivity contribution in [3.05, 3.63) is 0 Å². The lowest BCUT2D eigenvalue weighted by Crippen LogP contribution is -2.52.